The number of benzene rings is 1. The molecule has 1 atom stereocenters. The zero-order valence-electron chi connectivity index (χ0n) is 19.6. The van der Waals surface area contributed by atoms with Gasteiger partial charge in [0.1, 0.15) is 0 Å². The molecule has 1 aliphatic carbocycles. The first-order valence-corrected chi connectivity index (χ1v) is 12.0. The molecule has 2 fully saturated rings. The number of nitrogens with one attached hydrogen (secondary N) is 2. The maximum Gasteiger partial charge on any atom is 0.416 e. The molecule has 0 radical (unpaired) electrons. The van der Waals surface area contributed by atoms with Gasteiger partial charge in [-0.3, -0.25) is 9.59 Å². The summed E-state index contributed by atoms with van der Waals surface area (Å²) in [6, 6.07) is 1.35. The molecule has 1 heterocycles. The fourth-order valence-electron chi connectivity index (χ4n) is 4.92. The van der Waals surface area contributed by atoms with E-state index in [1.165, 1.54) is 0 Å². The predicted molar refractivity (Wildman–Crippen MR) is 118 cm³/mol. The van der Waals surface area contributed by atoms with Gasteiger partial charge in [0.2, 0.25) is 5.91 Å². The first-order valence-electron chi connectivity index (χ1n) is 12.0. The number of carbonyl (C=O) groups is 2. The largest absolute Gasteiger partial charge is 0.416 e. The van der Waals surface area contributed by atoms with Crippen LogP contribution in [-0.4, -0.2) is 48.4 Å². The van der Waals surface area contributed by atoms with Gasteiger partial charge in [-0.25, -0.2) is 0 Å². The highest BCUT2D eigenvalue weighted by molar-refractivity contribution is 5.94. The lowest BCUT2D eigenvalue weighted by Gasteiger charge is -2.30. The highest BCUT2D eigenvalue weighted by Gasteiger charge is 2.37. The predicted octanol–water partition coefficient (Wildman–Crippen LogP) is 5.00. The van der Waals surface area contributed by atoms with Crippen molar-refractivity contribution >= 4 is 11.8 Å². The van der Waals surface area contributed by atoms with Crippen LogP contribution in [0.3, 0.4) is 0 Å². The maximum absolute atomic E-state index is 13.0. The number of rotatable bonds is 7. The fourth-order valence-corrected chi connectivity index (χ4v) is 4.92. The molecule has 1 aliphatic heterocycles. The third-order valence-electron chi connectivity index (χ3n) is 6.96. The first kappa shape index (κ1) is 27.3. The lowest BCUT2D eigenvalue weighted by atomic mass is 9.86. The van der Waals surface area contributed by atoms with Crippen LogP contribution >= 0.6 is 0 Å². The highest BCUT2D eigenvalue weighted by atomic mass is 19.4. The average Bonchev–Trinajstić information content (AvgIpc) is 3.29. The molecule has 35 heavy (non-hydrogen) atoms. The molecule has 11 heteroatoms. The van der Waals surface area contributed by atoms with Crippen molar-refractivity contribution in [1.29, 1.82) is 0 Å². The Kier molecular flexibility index (Phi) is 8.72. The van der Waals surface area contributed by atoms with Crippen LogP contribution in [0.4, 0.5) is 26.3 Å². The molecule has 1 unspecified atom stereocenters. The molecule has 1 saturated heterocycles. The number of hydrogen-bond donors (Lipinski definition) is 2. The van der Waals surface area contributed by atoms with Crippen LogP contribution in [0, 0.1) is 5.92 Å². The zero-order valence-corrected chi connectivity index (χ0v) is 19.6. The third kappa shape index (κ3) is 7.35. The van der Waals surface area contributed by atoms with Crippen LogP contribution in [0.2, 0.25) is 0 Å². The quantitative estimate of drug-likeness (QED) is 0.511. The van der Waals surface area contributed by atoms with Gasteiger partial charge in [0.05, 0.1) is 17.7 Å². The molecular weight excluding hydrogens is 476 g/mol. The number of nitrogens with zero attached hydrogens (tertiary/aromatic N) is 1. The number of amides is 2. The first-order chi connectivity index (χ1) is 16.4. The third-order valence-corrected chi connectivity index (χ3v) is 6.96. The highest BCUT2D eigenvalue weighted by Crippen LogP contribution is 2.36. The molecule has 2 amide bonds. The van der Waals surface area contributed by atoms with Gasteiger partial charge in [-0.1, -0.05) is 6.92 Å². The van der Waals surface area contributed by atoms with E-state index in [1.54, 1.807) is 0 Å². The molecule has 2 aliphatic rings. The molecule has 0 aromatic heterocycles. The molecule has 1 aromatic carbocycles. The topological polar surface area (TPSA) is 61.4 Å². The second-order valence-electron chi connectivity index (χ2n) is 9.39. The van der Waals surface area contributed by atoms with E-state index in [4.69, 9.17) is 0 Å². The Morgan fingerprint density at radius 2 is 1.54 bits per heavy atom. The van der Waals surface area contributed by atoms with Crippen LogP contribution < -0.4 is 10.6 Å². The summed E-state index contributed by atoms with van der Waals surface area (Å²) in [5.74, 6) is -0.810. The summed E-state index contributed by atoms with van der Waals surface area (Å²) in [6.45, 7) is 3.31. The number of halogens is 6. The Bertz CT molecular complexity index is 862. The summed E-state index contributed by atoms with van der Waals surface area (Å²) in [4.78, 5) is 26.8. The van der Waals surface area contributed by atoms with E-state index >= 15 is 0 Å². The van der Waals surface area contributed by atoms with Crippen molar-refractivity contribution in [3.05, 3.63) is 34.9 Å². The average molecular weight is 508 g/mol. The van der Waals surface area contributed by atoms with Gasteiger partial charge >= 0.3 is 12.4 Å². The summed E-state index contributed by atoms with van der Waals surface area (Å²) < 4.78 is 78.1. The van der Waals surface area contributed by atoms with Gasteiger partial charge in [0.15, 0.2) is 0 Å². The van der Waals surface area contributed by atoms with Crippen LogP contribution in [0.25, 0.3) is 0 Å². The van der Waals surface area contributed by atoms with Crippen molar-refractivity contribution in [2.75, 3.05) is 19.6 Å². The van der Waals surface area contributed by atoms with Crippen LogP contribution in [0.15, 0.2) is 18.2 Å². The number of likely N-dealkylation sites (tertiary alicyclic amines) is 1. The molecule has 1 saturated carbocycles. The SMILES string of the molecule is CCC1CCCN1C(=O)CN[C@H]1CC[C@@H](CNC(=O)c2cc(C(F)(F)F)cc(C(F)(F)F)c2)CC1. The second-order valence-corrected chi connectivity index (χ2v) is 9.39. The van der Waals surface area contributed by atoms with Crippen LogP contribution in [-0.2, 0) is 17.1 Å². The van der Waals surface area contributed by atoms with Crippen LogP contribution in [0.1, 0.15) is 73.4 Å². The van der Waals surface area contributed by atoms with Gasteiger partial charge in [-0.15, -0.1) is 0 Å². The molecule has 196 valence electrons. The van der Waals surface area contributed by atoms with Gasteiger partial charge in [-0.05, 0) is 69.1 Å². The smallest absolute Gasteiger partial charge is 0.352 e. The summed E-state index contributed by atoms with van der Waals surface area (Å²) in [6.07, 6.45) is -4.01. The molecule has 1 aromatic rings. The lowest BCUT2D eigenvalue weighted by molar-refractivity contribution is -0.143. The fraction of sp³-hybridized carbons (Fsp3) is 0.667. The number of carbonyl (C=O) groups excluding carboxylic acids is 2. The summed E-state index contributed by atoms with van der Waals surface area (Å²) in [7, 11) is 0. The van der Waals surface area contributed by atoms with Crippen molar-refractivity contribution in [3.8, 4) is 0 Å². The molecule has 0 spiro atoms. The molecule has 2 N–H and O–H groups in total. The van der Waals surface area contributed by atoms with Crippen molar-refractivity contribution < 1.29 is 35.9 Å². The van der Waals surface area contributed by atoms with E-state index in [2.05, 4.69) is 17.6 Å². The van der Waals surface area contributed by atoms with Crippen molar-refractivity contribution in [2.45, 2.75) is 76.3 Å². The van der Waals surface area contributed by atoms with Gasteiger partial charge in [-0.2, -0.15) is 26.3 Å². The minimum absolute atomic E-state index is 0.00191. The lowest BCUT2D eigenvalue weighted by Crippen LogP contribution is -2.45. The summed E-state index contributed by atoms with van der Waals surface area (Å²) >= 11 is 0. The molecule has 3 rings (SSSR count). The Balaban J connectivity index is 1.47. The van der Waals surface area contributed by atoms with Gasteiger partial charge in [0.25, 0.3) is 5.91 Å². The van der Waals surface area contributed by atoms with Crippen molar-refractivity contribution in [1.82, 2.24) is 15.5 Å². The Morgan fingerprint density at radius 1 is 0.943 bits per heavy atom. The van der Waals surface area contributed by atoms with E-state index in [0.29, 0.717) is 18.2 Å². The Morgan fingerprint density at radius 3 is 2.09 bits per heavy atom. The molecular formula is C24H31F6N3O2. The van der Waals surface area contributed by atoms with Crippen LogP contribution in [0.5, 0.6) is 0 Å². The van der Waals surface area contributed by atoms with E-state index in [1.807, 2.05) is 4.90 Å². The minimum atomic E-state index is -5.00. The minimum Gasteiger partial charge on any atom is -0.352 e. The maximum atomic E-state index is 13.0. The Hall–Kier alpha value is -2.30. The molecule has 5 nitrogen and oxygen atoms in total. The van der Waals surface area contributed by atoms with Gasteiger partial charge in [0, 0.05) is 30.7 Å². The molecule has 0 bridgehead atoms. The van der Waals surface area contributed by atoms with E-state index < -0.39 is 35.0 Å². The Labute approximate surface area is 200 Å². The van der Waals surface area contributed by atoms with E-state index in [-0.39, 0.29) is 37.0 Å². The second kappa shape index (κ2) is 11.2. The van der Waals surface area contributed by atoms with Crippen molar-refractivity contribution in [2.24, 2.45) is 5.92 Å². The summed E-state index contributed by atoms with van der Waals surface area (Å²) in [5.41, 5.74) is -3.70. The number of hydrogen-bond acceptors (Lipinski definition) is 3. The zero-order chi connectivity index (χ0) is 25.8. The van der Waals surface area contributed by atoms with Gasteiger partial charge < -0.3 is 15.5 Å². The van der Waals surface area contributed by atoms with E-state index in [9.17, 15) is 35.9 Å². The normalized spacial score (nSPS) is 23.4. The monoisotopic (exact) mass is 507 g/mol. The summed E-state index contributed by atoms with van der Waals surface area (Å²) in [5, 5.41) is 5.79. The van der Waals surface area contributed by atoms with Crippen molar-refractivity contribution in [3.63, 3.8) is 0 Å². The number of alkyl halides is 6. The standard InChI is InChI=1S/C24H31F6N3O2/c1-2-20-4-3-9-33(20)21(34)14-31-19-7-5-15(6-8-19)13-32-22(35)16-10-17(23(25,26)27)12-18(11-16)24(28,29)30/h10-12,15,19-20,31H,2-9,13-14H2,1H3,(H,32,35)/t15-,19+,20?. The van der Waals surface area contributed by atoms with E-state index in [0.717, 1.165) is 51.5 Å².